The summed E-state index contributed by atoms with van der Waals surface area (Å²) in [6.45, 7) is 0. The maximum absolute atomic E-state index is 13.6. The smallest absolute Gasteiger partial charge is 0.257 e. The molecule has 114 valence electrons. The second kappa shape index (κ2) is 6.27. The molecule has 0 saturated carbocycles. The fourth-order valence-corrected chi connectivity index (χ4v) is 3.25. The molecule has 1 aliphatic carbocycles. The van der Waals surface area contributed by atoms with Gasteiger partial charge in [0.05, 0.1) is 15.6 Å². The standard InChI is InChI=1S/C17H14Cl2FNO/c18-13-9-14(19)15(20)8-12(13)17(22)21-16-7-3-5-10-4-1-2-6-11(10)16/h3,5,7-9H,1-2,4,6H2,(H,21,22). The van der Waals surface area contributed by atoms with Crippen LogP contribution in [0.25, 0.3) is 0 Å². The highest BCUT2D eigenvalue weighted by molar-refractivity contribution is 6.37. The van der Waals surface area contributed by atoms with Crippen LogP contribution >= 0.6 is 23.2 Å². The van der Waals surface area contributed by atoms with E-state index in [4.69, 9.17) is 23.2 Å². The van der Waals surface area contributed by atoms with Crippen molar-refractivity contribution in [2.45, 2.75) is 25.7 Å². The van der Waals surface area contributed by atoms with Gasteiger partial charge >= 0.3 is 0 Å². The van der Waals surface area contributed by atoms with Gasteiger partial charge in [-0.3, -0.25) is 4.79 Å². The summed E-state index contributed by atoms with van der Waals surface area (Å²) in [6, 6.07) is 8.17. The maximum Gasteiger partial charge on any atom is 0.257 e. The number of aryl methyl sites for hydroxylation is 1. The summed E-state index contributed by atoms with van der Waals surface area (Å²) in [4.78, 5) is 12.4. The SMILES string of the molecule is O=C(Nc1cccc2c1CCCC2)c1cc(F)c(Cl)cc1Cl. The number of rotatable bonds is 2. The van der Waals surface area contributed by atoms with Crippen molar-refractivity contribution in [3.8, 4) is 0 Å². The highest BCUT2D eigenvalue weighted by Crippen LogP contribution is 2.29. The molecule has 0 bridgehead atoms. The number of benzene rings is 2. The molecule has 1 amide bonds. The van der Waals surface area contributed by atoms with Crippen molar-refractivity contribution < 1.29 is 9.18 Å². The largest absolute Gasteiger partial charge is 0.322 e. The monoisotopic (exact) mass is 337 g/mol. The van der Waals surface area contributed by atoms with Gasteiger partial charge in [-0.2, -0.15) is 0 Å². The van der Waals surface area contributed by atoms with Crippen LogP contribution in [0, 0.1) is 5.82 Å². The number of carbonyl (C=O) groups is 1. The van der Waals surface area contributed by atoms with Crippen LogP contribution in [0.1, 0.15) is 34.3 Å². The Bertz CT molecular complexity index is 746. The average molecular weight is 338 g/mol. The maximum atomic E-state index is 13.6. The first-order chi connectivity index (χ1) is 10.6. The summed E-state index contributed by atoms with van der Waals surface area (Å²) < 4.78 is 13.6. The van der Waals surface area contributed by atoms with Gasteiger partial charge in [-0.15, -0.1) is 0 Å². The van der Waals surface area contributed by atoms with Crippen molar-refractivity contribution >= 4 is 34.8 Å². The van der Waals surface area contributed by atoms with E-state index in [0.717, 1.165) is 36.6 Å². The summed E-state index contributed by atoms with van der Waals surface area (Å²) in [5.74, 6) is -1.09. The number of fused-ring (bicyclic) bond motifs is 1. The third-order valence-corrected chi connectivity index (χ3v) is 4.50. The van der Waals surface area contributed by atoms with E-state index in [0.29, 0.717) is 0 Å². The van der Waals surface area contributed by atoms with Crippen molar-refractivity contribution in [2.24, 2.45) is 0 Å². The highest BCUT2D eigenvalue weighted by Gasteiger charge is 2.18. The molecule has 0 saturated heterocycles. The summed E-state index contributed by atoms with van der Waals surface area (Å²) in [5.41, 5.74) is 3.27. The zero-order valence-electron chi connectivity index (χ0n) is 11.8. The lowest BCUT2D eigenvalue weighted by Crippen LogP contribution is -2.16. The Hall–Kier alpha value is -1.58. The first kappa shape index (κ1) is 15.3. The number of halogens is 3. The van der Waals surface area contributed by atoms with Crippen LogP contribution < -0.4 is 5.32 Å². The van der Waals surface area contributed by atoms with Gasteiger partial charge in [0.25, 0.3) is 5.91 Å². The van der Waals surface area contributed by atoms with Crippen molar-refractivity contribution in [2.75, 3.05) is 5.32 Å². The zero-order valence-corrected chi connectivity index (χ0v) is 13.3. The number of carbonyl (C=O) groups excluding carboxylic acids is 1. The number of amides is 1. The highest BCUT2D eigenvalue weighted by atomic mass is 35.5. The molecule has 0 atom stereocenters. The summed E-state index contributed by atoms with van der Waals surface area (Å²) in [7, 11) is 0. The van der Waals surface area contributed by atoms with Crippen LogP contribution in [0.2, 0.25) is 10.0 Å². The molecule has 2 nitrogen and oxygen atoms in total. The van der Waals surface area contributed by atoms with Crippen LogP contribution in [0.3, 0.4) is 0 Å². The van der Waals surface area contributed by atoms with E-state index in [1.807, 2.05) is 12.1 Å². The molecular weight excluding hydrogens is 324 g/mol. The second-order valence-corrected chi connectivity index (χ2v) is 6.17. The summed E-state index contributed by atoms with van der Waals surface area (Å²) in [6.07, 6.45) is 4.23. The molecule has 2 aromatic carbocycles. The normalized spacial score (nSPS) is 13.6. The lowest BCUT2D eigenvalue weighted by molar-refractivity contribution is 0.102. The Morgan fingerprint density at radius 1 is 1.09 bits per heavy atom. The lowest BCUT2D eigenvalue weighted by Gasteiger charge is -2.19. The molecule has 0 aromatic heterocycles. The molecule has 2 aromatic rings. The van der Waals surface area contributed by atoms with Gasteiger partial charge in [-0.1, -0.05) is 35.3 Å². The predicted octanol–water partition coefficient (Wildman–Crippen LogP) is 5.26. The van der Waals surface area contributed by atoms with Crippen LogP contribution in [0.15, 0.2) is 30.3 Å². The van der Waals surface area contributed by atoms with E-state index < -0.39 is 11.7 Å². The minimum atomic E-state index is -0.661. The number of hydrogen-bond donors (Lipinski definition) is 1. The number of nitrogens with one attached hydrogen (secondary N) is 1. The predicted molar refractivity (Wildman–Crippen MR) is 87.5 cm³/mol. The minimum Gasteiger partial charge on any atom is -0.322 e. The first-order valence-corrected chi connectivity index (χ1v) is 7.88. The lowest BCUT2D eigenvalue weighted by atomic mass is 9.90. The molecule has 5 heteroatoms. The topological polar surface area (TPSA) is 29.1 Å². The molecule has 3 rings (SSSR count). The second-order valence-electron chi connectivity index (χ2n) is 5.35. The Morgan fingerprint density at radius 2 is 1.86 bits per heavy atom. The van der Waals surface area contributed by atoms with Gasteiger partial charge < -0.3 is 5.32 Å². The third-order valence-electron chi connectivity index (χ3n) is 3.90. The fourth-order valence-electron chi connectivity index (χ4n) is 2.78. The quantitative estimate of drug-likeness (QED) is 0.743. The van der Waals surface area contributed by atoms with E-state index in [1.54, 1.807) is 0 Å². The van der Waals surface area contributed by atoms with E-state index in [2.05, 4.69) is 11.4 Å². The van der Waals surface area contributed by atoms with E-state index in [-0.39, 0.29) is 15.6 Å². The average Bonchev–Trinajstić information content (AvgIpc) is 2.51. The van der Waals surface area contributed by atoms with Crippen molar-refractivity contribution in [3.05, 3.63) is 62.9 Å². The van der Waals surface area contributed by atoms with Crippen molar-refractivity contribution in [1.82, 2.24) is 0 Å². The molecule has 1 N–H and O–H groups in total. The van der Waals surface area contributed by atoms with Crippen LogP contribution in [-0.4, -0.2) is 5.91 Å². The molecule has 0 fully saturated rings. The molecule has 22 heavy (non-hydrogen) atoms. The number of anilines is 1. The third kappa shape index (κ3) is 2.96. The van der Waals surface area contributed by atoms with Crippen LogP contribution in [0.5, 0.6) is 0 Å². The Kier molecular flexibility index (Phi) is 4.37. The van der Waals surface area contributed by atoms with Gasteiger partial charge in [0.15, 0.2) is 0 Å². The van der Waals surface area contributed by atoms with E-state index in [9.17, 15) is 9.18 Å². The number of hydrogen-bond acceptors (Lipinski definition) is 1. The Labute approximate surface area is 138 Å². The van der Waals surface area contributed by atoms with Crippen molar-refractivity contribution in [1.29, 1.82) is 0 Å². The fraction of sp³-hybridized carbons (Fsp3) is 0.235. The van der Waals surface area contributed by atoms with Gasteiger partial charge in [0.1, 0.15) is 5.82 Å². The molecule has 1 aliphatic rings. The van der Waals surface area contributed by atoms with Crippen LogP contribution in [0.4, 0.5) is 10.1 Å². The molecule has 0 heterocycles. The molecule has 0 unspecified atom stereocenters. The Morgan fingerprint density at radius 3 is 2.68 bits per heavy atom. The summed E-state index contributed by atoms with van der Waals surface area (Å²) in [5, 5.41) is 2.88. The van der Waals surface area contributed by atoms with Gasteiger partial charge in [0.2, 0.25) is 0 Å². The summed E-state index contributed by atoms with van der Waals surface area (Å²) >= 11 is 11.6. The van der Waals surface area contributed by atoms with Gasteiger partial charge in [0, 0.05) is 5.69 Å². The molecule has 0 spiro atoms. The molecule has 0 radical (unpaired) electrons. The molecule has 0 aliphatic heterocycles. The molecular formula is C17H14Cl2FNO. The minimum absolute atomic E-state index is 0.0805. The van der Waals surface area contributed by atoms with Crippen molar-refractivity contribution in [3.63, 3.8) is 0 Å². The van der Waals surface area contributed by atoms with Gasteiger partial charge in [-0.05, 0) is 55.0 Å². The van der Waals surface area contributed by atoms with E-state index >= 15 is 0 Å². The van der Waals surface area contributed by atoms with Gasteiger partial charge in [-0.25, -0.2) is 4.39 Å². The first-order valence-electron chi connectivity index (χ1n) is 7.13. The Balaban J connectivity index is 1.91. The zero-order chi connectivity index (χ0) is 15.7. The van der Waals surface area contributed by atoms with E-state index in [1.165, 1.54) is 18.1 Å². The van der Waals surface area contributed by atoms with Crippen LogP contribution in [-0.2, 0) is 12.8 Å².